The summed E-state index contributed by atoms with van der Waals surface area (Å²) in [6, 6.07) is 0.283. The van der Waals surface area contributed by atoms with Gasteiger partial charge in [0.1, 0.15) is 0 Å². The van der Waals surface area contributed by atoms with Crippen LogP contribution in [0.25, 0.3) is 0 Å². The SMILES string of the molecule is [2H]C([2H])(CN)SSC([2H])([2H])CNC(=O)CCCC[C@@H]1SC[C@@H]2NC(=O)N[C@@H]21. The predicted molar refractivity (Wildman–Crippen MR) is 101 cm³/mol. The van der Waals surface area contributed by atoms with Gasteiger partial charge in [0.15, 0.2) is 0 Å². The Kier molecular flexibility index (Phi) is 6.43. The van der Waals surface area contributed by atoms with Gasteiger partial charge in [0, 0.05) is 47.4 Å². The molecule has 6 nitrogen and oxygen atoms in total. The van der Waals surface area contributed by atoms with Crippen LogP contribution in [0.4, 0.5) is 4.79 Å². The topological polar surface area (TPSA) is 96.2 Å². The van der Waals surface area contributed by atoms with Gasteiger partial charge < -0.3 is 21.7 Å². The highest BCUT2D eigenvalue weighted by Crippen LogP contribution is 2.33. The Morgan fingerprint density at radius 3 is 3.04 bits per heavy atom. The molecule has 2 aliphatic rings. The first-order valence-corrected chi connectivity index (χ1v) is 10.8. The third-order valence-corrected chi connectivity index (χ3v) is 6.78. The summed E-state index contributed by atoms with van der Waals surface area (Å²) < 4.78 is 30.7. The Labute approximate surface area is 155 Å². The molecule has 23 heavy (non-hydrogen) atoms. The summed E-state index contributed by atoms with van der Waals surface area (Å²) in [6.07, 6.45) is 2.84. The minimum atomic E-state index is -1.77. The van der Waals surface area contributed by atoms with Gasteiger partial charge in [-0.25, -0.2) is 4.79 Å². The number of carbonyl (C=O) groups is 2. The van der Waals surface area contributed by atoms with Crippen LogP contribution in [0.1, 0.15) is 31.2 Å². The van der Waals surface area contributed by atoms with Crippen molar-refractivity contribution in [3.63, 3.8) is 0 Å². The van der Waals surface area contributed by atoms with Crippen LogP contribution >= 0.6 is 33.3 Å². The molecule has 0 saturated carbocycles. The molecule has 0 radical (unpaired) electrons. The molecular formula is C14H26N4O2S3. The van der Waals surface area contributed by atoms with E-state index < -0.39 is 11.4 Å². The van der Waals surface area contributed by atoms with E-state index >= 15 is 0 Å². The number of unbranched alkanes of at least 4 members (excludes halogenated alkanes) is 1. The largest absolute Gasteiger partial charge is 0.355 e. The fourth-order valence-corrected chi connectivity index (χ4v) is 5.21. The van der Waals surface area contributed by atoms with Gasteiger partial charge >= 0.3 is 6.03 Å². The maximum absolute atomic E-state index is 11.9. The Balaban J connectivity index is 1.57. The lowest BCUT2D eigenvalue weighted by molar-refractivity contribution is -0.121. The zero-order valence-corrected chi connectivity index (χ0v) is 15.2. The van der Waals surface area contributed by atoms with Gasteiger partial charge in [0.25, 0.3) is 0 Å². The zero-order valence-electron chi connectivity index (χ0n) is 16.8. The molecule has 2 heterocycles. The molecule has 2 fully saturated rings. The predicted octanol–water partition coefficient (Wildman–Crippen LogP) is 1.17. The van der Waals surface area contributed by atoms with E-state index in [0.717, 1.165) is 40.2 Å². The molecule has 0 aromatic heterocycles. The minimum absolute atomic E-state index is 0.0977. The third-order valence-electron chi connectivity index (χ3n) is 3.68. The van der Waals surface area contributed by atoms with Crippen LogP contribution in [0.2, 0.25) is 0 Å². The van der Waals surface area contributed by atoms with Crippen LogP contribution in [-0.4, -0.2) is 59.5 Å². The van der Waals surface area contributed by atoms with Crippen molar-refractivity contribution < 1.29 is 15.1 Å². The average molecular weight is 383 g/mol. The van der Waals surface area contributed by atoms with E-state index in [4.69, 9.17) is 11.2 Å². The summed E-state index contributed by atoms with van der Waals surface area (Å²) in [5, 5.41) is 8.80. The van der Waals surface area contributed by atoms with E-state index in [1.807, 2.05) is 11.8 Å². The van der Waals surface area contributed by atoms with Crippen molar-refractivity contribution in [1.29, 1.82) is 0 Å². The van der Waals surface area contributed by atoms with Crippen LogP contribution in [0, 0.1) is 0 Å². The second-order valence-corrected chi connectivity index (χ2v) is 8.49. The summed E-state index contributed by atoms with van der Waals surface area (Å²) in [7, 11) is 1.49. The zero-order chi connectivity index (χ0) is 20.1. The lowest BCUT2D eigenvalue weighted by Crippen LogP contribution is -2.36. The number of urea groups is 1. The highest BCUT2D eigenvalue weighted by molar-refractivity contribution is 8.76. The molecule has 0 bridgehead atoms. The van der Waals surface area contributed by atoms with Crippen molar-refractivity contribution in [2.24, 2.45) is 5.73 Å². The van der Waals surface area contributed by atoms with E-state index in [1.54, 1.807) is 0 Å². The first-order chi connectivity index (χ1) is 12.6. The molecule has 2 rings (SSSR count). The summed E-state index contributed by atoms with van der Waals surface area (Å²) >= 11 is 1.85. The highest BCUT2D eigenvalue weighted by atomic mass is 33.1. The quantitative estimate of drug-likeness (QED) is 0.243. The highest BCUT2D eigenvalue weighted by Gasteiger charge is 2.42. The monoisotopic (exact) mass is 382 g/mol. The lowest BCUT2D eigenvalue weighted by atomic mass is 10.0. The maximum atomic E-state index is 11.9. The third kappa shape index (κ3) is 6.64. The molecule has 2 aliphatic heterocycles. The number of carbonyl (C=O) groups excluding carboxylic acids is 2. The molecule has 3 atom stereocenters. The molecule has 5 N–H and O–H groups in total. The van der Waals surface area contributed by atoms with E-state index in [-0.39, 0.29) is 37.1 Å². The maximum Gasteiger partial charge on any atom is 0.315 e. The van der Waals surface area contributed by atoms with E-state index in [2.05, 4.69) is 16.0 Å². The molecule has 0 spiro atoms. The Morgan fingerprint density at radius 2 is 2.22 bits per heavy atom. The minimum Gasteiger partial charge on any atom is -0.355 e. The Bertz CT molecular complexity index is 544. The summed E-state index contributed by atoms with van der Waals surface area (Å²) in [5.41, 5.74) is 1.81. The van der Waals surface area contributed by atoms with Crippen molar-refractivity contribution in [3.05, 3.63) is 0 Å². The van der Waals surface area contributed by atoms with Crippen molar-refractivity contribution in [2.75, 3.05) is 30.3 Å². The van der Waals surface area contributed by atoms with Crippen LogP contribution in [0.15, 0.2) is 0 Å². The molecule has 0 aliphatic carbocycles. The van der Waals surface area contributed by atoms with E-state index in [1.165, 1.54) is 0 Å². The second kappa shape index (κ2) is 10.6. The molecule has 3 amide bonds. The normalized spacial score (nSPS) is 29.6. The summed E-state index contributed by atoms with van der Waals surface area (Å²) in [5.74, 6) is 0.709. The first-order valence-electron chi connectivity index (χ1n) is 9.64. The van der Waals surface area contributed by atoms with Gasteiger partial charge in [0.05, 0.1) is 12.1 Å². The number of amides is 3. The number of hydrogen-bond donors (Lipinski definition) is 4. The molecule has 0 unspecified atom stereocenters. The van der Waals surface area contributed by atoms with Gasteiger partial charge in [-0.3, -0.25) is 4.79 Å². The number of hydrogen-bond acceptors (Lipinski definition) is 6. The number of nitrogens with two attached hydrogens (primary N) is 1. The number of fused-ring (bicyclic) bond motifs is 1. The van der Waals surface area contributed by atoms with Gasteiger partial charge in [-0.1, -0.05) is 28.0 Å². The number of thioether (sulfide) groups is 1. The number of rotatable bonds is 11. The van der Waals surface area contributed by atoms with Gasteiger partial charge in [-0.2, -0.15) is 11.8 Å². The molecule has 9 heteroatoms. The Morgan fingerprint density at radius 1 is 1.39 bits per heavy atom. The molecule has 0 aromatic carbocycles. The first kappa shape index (κ1) is 14.0. The molecule has 132 valence electrons. The second-order valence-electron chi connectivity index (χ2n) is 5.30. The van der Waals surface area contributed by atoms with Crippen molar-refractivity contribution >= 4 is 45.3 Å². The van der Waals surface area contributed by atoms with E-state index in [0.29, 0.717) is 18.1 Å². The lowest BCUT2D eigenvalue weighted by Gasteiger charge is -2.16. The van der Waals surface area contributed by atoms with Crippen LogP contribution < -0.4 is 21.7 Å². The molecule has 0 aromatic rings. The van der Waals surface area contributed by atoms with Crippen LogP contribution in [0.5, 0.6) is 0 Å². The molecule has 2 saturated heterocycles. The van der Waals surface area contributed by atoms with Crippen molar-refractivity contribution in [2.45, 2.75) is 43.0 Å². The van der Waals surface area contributed by atoms with Crippen molar-refractivity contribution in [1.82, 2.24) is 16.0 Å². The van der Waals surface area contributed by atoms with Crippen LogP contribution in [0.3, 0.4) is 0 Å². The smallest absolute Gasteiger partial charge is 0.315 e. The Hall–Kier alpha value is -0.250. The number of nitrogens with one attached hydrogen (secondary N) is 3. The van der Waals surface area contributed by atoms with E-state index in [9.17, 15) is 9.59 Å². The standard InChI is InChI=1S/C14H26N4O2S3/c15-5-7-22-23-8-6-16-12(19)4-2-1-3-11-13-10(9-21-11)17-14(20)18-13/h10-11,13H,1-9,15H2,(H,16,19)(H2,17,18,20)/t10-,11-,13-/m0/s1/i7D2,8D2. The fraction of sp³-hybridized carbons (Fsp3) is 0.857. The summed E-state index contributed by atoms with van der Waals surface area (Å²) in [4.78, 5) is 23.3. The molecular weight excluding hydrogens is 352 g/mol. The van der Waals surface area contributed by atoms with Crippen LogP contribution in [-0.2, 0) is 4.79 Å². The van der Waals surface area contributed by atoms with Gasteiger partial charge in [-0.15, -0.1) is 0 Å². The van der Waals surface area contributed by atoms with Gasteiger partial charge in [-0.05, 0) is 12.8 Å². The average Bonchev–Trinajstić information content (AvgIpc) is 3.15. The van der Waals surface area contributed by atoms with Gasteiger partial charge in [0.2, 0.25) is 5.91 Å². The summed E-state index contributed by atoms with van der Waals surface area (Å²) in [6.45, 7) is -0.377. The fourth-order valence-electron chi connectivity index (χ4n) is 2.62. The van der Waals surface area contributed by atoms with Crippen molar-refractivity contribution in [3.8, 4) is 0 Å².